The number of piperazine rings is 1. The number of ether oxygens (including phenoxy) is 1. The van der Waals surface area contributed by atoms with Gasteiger partial charge in [-0.2, -0.15) is 9.78 Å². The number of hydrogen-bond donors (Lipinski definition) is 0. The average molecular weight is 528 g/mol. The molecule has 2 aromatic heterocycles. The van der Waals surface area contributed by atoms with E-state index in [9.17, 15) is 9.59 Å². The predicted octanol–water partition coefficient (Wildman–Crippen LogP) is 2.61. The number of hydrogen-bond acceptors (Lipinski definition) is 8. The quantitative estimate of drug-likeness (QED) is 0.600. The van der Waals surface area contributed by atoms with E-state index in [1.807, 2.05) is 55.5 Å². The fourth-order valence-electron chi connectivity index (χ4n) is 5.31. The van der Waals surface area contributed by atoms with Crippen LogP contribution in [0.4, 0.5) is 10.6 Å². The fourth-order valence-corrected chi connectivity index (χ4v) is 6.26. The van der Waals surface area contributed by atoms with Crippen LogP contribution in [-0.2, 0) is 9.53 Å². The molecule has 11 heteroatoms. The molecule has 37 heavy (non-hydrogen) atoms. The van der Waals surface area contributed by atoms with Crippen molar-refractivity contribution >= 4 is 29.6 Å². The molecule has 3 aliphatic rings. The van der Waals surface area contributed by atoms with Crippen LogP contribution in [0, 0.1) is 6.92 Å². The van der Waals surface area contributed by atoms with Crippen LogP contribution >= 0.6 is 11.8 Å². The maximum absolute atomic E-state index is 13.4. The molecule has 3 saturated heterocycles. The van der Waals surface area contributed by atoms with Gasteiger partial charge in [0.1, 0.15) is 17.5 Å². The number of aryl methyl sites for hydroxylation is 1. The van der Waals surface area contributed by atoms with Crippen molar-refractivity contribution in [3.8, 4) is 5.82 Å². The van der Waals surface area contributed by atoms with Gasteiger partial charge in [-0.3, -0.25) is 14.6 Å². The number of anilines is 1. The van der Waals surface area contributed by atoms with Crippen molar-refractivity contribution in [1.82, 2.24) is 29.5 Å². The number of amides is 2. The lowest BCUT2D eigenvalue weighted by atomic mass is 10.1. The summed E-state index contributed by atoms with van der Waals surface area (Å²) in [5.41, 5.74) is 0.348. The molecule has 0 aliphatic carbocycles. The van der Waals surface area contributed by atoms with E-state index >= 15 is 0 Å². The molecule has 0 saturated carbocycles. The Hall–Kier alpha value is -2.79. The molecule has 3 aliphatic heterocycles. The number of thioether (sulfide) groups is 1. The Labute approximate surface area is 222 Å². The maximum atomic E-state index is 13.4. The van der Waals surface area contributed by atoms with Gasteiger partial charge in [0.25, 0.3) is 0 Å². The lowest BCUT2D eigenvalue weighted by Gasteiger charge is -2.38. The summed E-state index contributed by atoms with van der Waals surface area (Å²) in [6.07, 6.45) is 2.03. The second-order valence-electron chi connectivity index (χ2n) is 10.9. The Morgan fingerprint density at radius 3 is 2.54 bits per heavy atom. The Bertz CT molecular complexity index is 1110. The fraction of sp³-hybridized carbons (Fsp3) is 0.615. The molecule has 2 atom stereocenters. The van der Waals surface area contributed by atoms with Crippen molar-refractivity contribution < 1.29 is 14.3 Å². The molecule has 10 nitrogen and oxygen atoms in total. The first kappa shape index (κ1) is 25.8. The number of aromatic nitrogens is 3. The van der Waals surface area contributed by atoms with Gasteiger partial charge in [-0.15, -0.1) is 11.8 Å². The Kier molecular flexibility index (Phi) is 7.35. The largest absolute Gasteiger partial charge is 0.444 e. The Morgan fingerprint density at radius 1 is 1.11 bits per heavy atom. The lowest BCUT2D eigenvalue weighted by Crippen LogP contribution is -2.51. The highest BCUT2D eigenvalue weighted by atomic mass is 32.2. The van der Waals surface area contributed by atoms with Gasteiger partial charge < -0.3 is 14.5 Å². The zero-order valence-electron chi connectivity index (χ0n) is 22.2. The van der Waals surface area contributed by atoms with Crippen molar-refractivity contribution in [2.75, 3.05) is 55.8 Å². The predicted molar refractivity (Wildman–Crippen MR) is 144 cm³/mol. The van der Waals surface area contributed by atoms with Crippen LogP contribution in [0.2, 0.25) is 0 Å². The minimum absolute atomic E-state index is 0.0479. The summed E-state index contributed by atoms with van der Waals surface area (Å²) in [5, 5.41) is 4.68. The van der Waals surface area contributed by atoms with Gasteiger partial charge in [0.15, 0.2) is 5.82 Å². The van der Waals surface area contributed by atoms with Crippen LogP contribution in [0.25, 0.3) is 5.82 Å². The number of rotatable bonds is 4. The summed E-state index contributed by atoms with van der Waals surface area (Å²) in [6.45, 7) is 12.2. The standard InChI is InChI=1S/C26H37N7O3S/c1-19-15-23(33(28-19)22-7-5-6-8-27-22)30-11-9-29(10-12-30)20-16-21(24(34)31-13-14-37-18-31)32(17-20)25(35)36-26(2,3)4/h5-8,15,20-21H,9-14,16-18H2,1-4H3/t20-,21-/m0/s1. The van der Waals surface area contributed by atoms with E-state index in [4.69, 9.17) is 4.74 Å². The van der Waals surface area contributed by atoms with Gasteiger partial charge in [-0.1, -0.05) is 6.07 Å². The summed E-state index contributed by atoms with van der Waals surface area (Å²) in [6, 6.07) is 7.60. The molecule has 5 heterocycles. The van der Waals surface area contributed by atoms with Crippen molar-refractivity contribution in [2.45, 2.75) is 51.8 Å². The van der Waals surface area contributed by atoms with E-state index in [1.54, 1.807) is 22.9 Å². The molecule has 0 radical (unpaired) electrons. The van der Waals surface area contributed by atoms with E-state index in [1.165, 1.54) is 0 Å². The molecule has 0 unspecified atom stereocenters. The first-order valence-electron chi connectivity index (χ1n) is 13.0. The summed E-state index contributed by atoms with van der Waals surface area (Å²) < 4.78 is 7.61. The second kappa shape index (κ2) is 10.5. The molecule has 0 spiro atoms. The zero-order chi connectivity index (χ0) is 26.2. The molecule has 0 N–H and O–H groups in total. The van der Waals surface area contributed by atoms with Gasteiger partial charge in [0.2, 0.25) is 5.91 Å². The second-order valence-corrected chi connectivity index (χ2v) is 12.0. The number of likely N-dealkylation sites (tertiary alicyclic amines) is 1. The van der Waals surface area contributed by atoms with E-state index in [0.29, 0.717) is 18.8 Å². The number of carbonyl (C=O) groups excluding carboxylic acids is 2. The van der Waals surface area contributed by atoms with Crippen LogP contribution in [0.3, 0.4) is 0 Å². The van der Waals surface area contributed by atoms with Crippen LogP contribution in [0.1, 0.15) is 32.9 Å². The third-order valence-electron chi connectivity index (χ3n) is 7.09. The minimum atomic E-state index is -0.605. The van der Waals surface area contributed by atoms with Gasteiger partial charge in [-0.25, -0.2) is 9.78 Å². The first-order chi connectivity index (χ1) is 17.7. The third-order valence-corrected chi connectivity index (χ3v) is 8.06. The van der Waals surface area contributed by atoms with Crippen LogP contribution in [0.15, 0.2) is 30.5 Å². The summed E-state index contributed by atoms with van der Waals surface area (Å²) >= 11 is 1.76. The molecule has 200 valence electrons. The average Bonchev–Trinajstić information content (AvgIpc) is 3.63. The van der Waals surface area contributed by atoms with Gasteiger partial charge >= 0.3 is 6.09 Å². The molecular weight excluding hydrogens is 490 g/mol. The number of carbonyl (C=O) groups is 2. The lowest BCUT2D eigenvalue weighted by molar-refractivity contribution is -0.134. The molecule has 0 bridgehead atoms. The molecule has 0 aromatic carbocycles. The van der Waals surface area contributed by atoms with Gasteiger partial charge in [-0.05, 0) is 46.2 Å². The third kappa shape index (κ3) is 5.72. The van der Waals surface area contributed by atoms with Crippen molar-refractivity contribution in [3.05, 3.63) is 36.2 Å². The summed E-state index contributed by atoms with van der Waals surface area (Å²) in [7, 11) is 0. The maximum Gasteiger partial charge on any atom is 0.411 e. The zero-order valence-corrected chi connectivity index (χ0v) is 23.0. The van der Waals surface area contributed by atoms with E-state index in [2.05, 4.69) is 25.9 Å². The molecular formula is C26H37N7O3S. The van der Waals surface area contributed by atoms with Crippen molar-refractivity contribution in [2.24, 2.45) is 0 Å². The summed E-state index contributed by atoms with van der Waals surface area (Å²) in [5.74, 6) is 3.54. The Balaban J connectivity index is 1.27. The van der Waals surface area contributed by atoms with E-state index in [0.717, 1.165) is 55.8 Å². The van der Waals surface area contributed by atoms with Crippen LogP contribution in [0.5, 0.6) is 0 Å². The van der Waals surface area contributed by atoms with Crippen LogP contribution < -0.4 is 4.90 Å². The smallest absolute Gasteiger partial charge is 0.411 e. The monoisotopic (exact) mass is 527 g/mol. The van der Waals surface area contributed by atoms with Crippen molar-refractivity contribution in [1.29, 1.82) is 0 Å². The molecule has 5 rings (SSSR count). The highest BCUT2D eigenvalue weighted by Crippen LogP contribution is 2.29. The van der Waals surface area contributed by atoms with Gasteiger partial charge in [0, 0.05) is 63.3 Å². The van der Waals surface area contributed by atoms with E-state index < -0.39 is 17.7 Å². The number of pyridine rings is 1. The SMILES string of the molecule is Cc1cc(N2CCN([C@H]3C[C@@H](C(=O)N4CCSC4)N(C(=O)OC(C)(C)C)C3)CC2)n(-c2ccccn2)n1. The minimum Gasteiger partial charge on any atom is -0.444 e. The highest BCUT2D eigenvalue weighted by molar-refractivity contribution is 7.99. The molecule has 3 fully saturated rings. The van der Waals surface area contributed by atoms with Crippen LogP contribution in [-0.4, -0.2) is 110 Å². The molecule has 2 amide bonds. The highest BCUT2D eigenvalue weighted by Gasteiger charge is 2.45. The Morgan fingerprint density at radius 2 is 1.89 bits per heavy atom. The first-order valence-corrected chi connectivity index (χ1v) is 14.2. The topological polar surface area (TPSA) is 87.0 Å². The van der Waals surface area contributed by atoms with Gasteiger partial charge in [0.05, 0.1) is 11.6 Å². The van der Waals surface area contributed by atoms with Crippen molar-refractivity contribution in [3.63, 3.8) is 0 Å². The summed E-state index contributed by atoms with van der Waals surface area (Å²) in [4.78, 5) is 39.3. The molecule has 2 aromatic rings. The number of nitrogens with zero attached hydrogens (tertiary/aromatic N) is 7. The van der Waals surface area contributed by atoms with E-state index in [-0.39, 0.29) is 11.9 Å². The normalized spacial score (nSPS) is 23.1.